The van der Waals surface area contributed by atoms with E-state index in [0.717, 1.165) is 22.3 Å². The second-order valence-electron chi connectivity index (χ2n) is 10.2. The van der Waals surface area contributed by atoms with Crippen molar-refractivity contribution >= 4 is 60.5 Å². The highest BCUT2D eigenvalue weighted by atomic mass is 79.9. The summed E-state index contributed by atoms with van der Waals surface area (Å²) in [5, 5.41) is 0. The summed E-state index contributed by atoms with van der Waals surface area (Å²) < 4.78 is 32.4. The number of nitrogens with zero attached hydrogens (tertiary/aromatic N) is 4. The number of nitrogens with one attached hydrogen (secondary N) is 1. The molecule has 1 aliphatic rings. The van der Waals surface area contributed by atoms with Crippen LogP contribution in [0.3, 0.4) is 0 Å². The molecule has 13 heteroatoms. The maximum atomic E-state index is 13.4. The van der Waals surface area contributed by atoms with E-state index in [1.807, 2.05) is 30.7 Å². The molecule has 1 N–H and O–H groups in total. The molecule has 224 valence electrons. The first-order valence-corrected chi connectivity index (χ1v) is 18.7. The lowest BCUT2D eigenvalue weighted by atomic mass is 10.1. The van der Waals surface area contributed by atoms with E-state index in [-0.39, 0.29) is 16.1 Å². The Hall–Kier alpha value is -2.29. The van der Waals surface area contributed by atoms with Crippen LogP contribution in [0.1, 0.15) is 5.56 Å². The largest absolute Gasteiger partial charge is 0.349 e. The summed E-state index contributed by atoms with van der Waals surface area (Å²) in [6, 6.07) is 16.7. The van der Waals surface area contributed by atoms with Gasteiger partial charge in [-0.3, -0.25) is 18.8 Å². The minimum absolute atomic E-state index is 0.236. The van der Waals surface area contributed by atoms with Crippen LogP contribution in [0.25, 0.3) is 22.3 Å². The van der Waals surface area contributed by atoms with Gasteiger partial charge < -0.3 is 4.98 Å². The molecule has 0 radical (unpaired) electrons. The first kappa shape index (κ1) is 31.1. The van der Waals surface area contributed by atoms with E-state index in [9.17, 15) is 18.0 Å². The molecule has 9 nitrogen and oxygen atoms in total. The molecule has 4 aromatic rings. The van der Waals surface area contributed by atoms with Gasteiger partial charge in [0.1, 0.15) is 5.52 Å². The third-order valence-corrected chi connectivity index (χ3v) is 11.1. The molecule has 3 heterocycles. The molecule has 5 rings (SSSR count). The molecule has 0 unspecified atom stereocenters. The molecule has 1 aliphatic heterocycles. The van der Waals surface area contributed by atoms with Crippen LogP contribution < -0.4 is 11.2 Å². The number of hydrogen-bond donors (Lipinski definition) is 1. The number of H-pyrrole nitrogens is 1. The second-order valence-corrected chi connectivity index (χ2v) is 15.0. The molecule has 0 saturated carbocycles. The zero-order chi connectivity index (χ0) is 29.9. The normalized spacial score (nSPS) is 15.0. The van der Waals surface area contributed by atoms with Crippen molar-refractivity contribution in [2.24, 2.45) is 0 Å². The SMILES string of the molecule is CSCCn1c(=O)c2[nH]c(-c3ccc(S(=O)(=O)N4CCN(Cc5ccc(Br)cc5)CC4)cc3)cc2n(CCSC)c1=O. The van der Waals surface area contributed by atoms with Gasteiger partial charge in [-0.25, -0.2) is 13.2 Å². The number of halogens is 1. The van der Waals surface area contributed by atoms with Crippen molar-refractivity contribution in [2.45, 2.75) is 24.5 Å². The summed E-state index contributed by atoms with van der Waals surface area (Å²) in [6.07, 6.45) is 3.92. The lowest BCUT2D eigenvalue weighted by Gasteiger charge is -2.34. The van der Waals surface area contributed by atoms with Gasteiger partial charge in [0, 0.05) is 67.5 Å². The Morgan fingerprint density at radius 2 is 1.48 bits per heavy atom. The quantitative estimate of drug-likeness (QED) is 0.252. The molecular weight excluding hydrogens is 658 g/mol. The van der Waals surface area contributed by atoms with E-state index in [4.69, 9.17) is 0 Å². The number of thioether (sulfide) groups is 2. The summed E-state index contributed by atoms with van der Waals surface area (Å²) in [4.78, 5) is 32.2. The van der Waals surface area contributed by atoms with Crippen molar-refractivity contribution in [1.82, 2.24) is 23.3 Å². The molecule has 0 bridgehead atoms. The molecule has 0 aliphatic carbocycles. The van der Waals surface area contributed by atoms with Gasteiger partial charge in [0.25, 0.3) is 5.56 Å². The summed E-state index contributed by atoms with van der Waals surface area (Å²) in [7, 11) is -3.64. The fourth-order valence-corrected chi connectivity index (χ4v) is 7.57. The average Bonchev–Trinajstić information content (AvgIpc) is 3.44. The van der Waals surface area contributed by atoms with Crippen molar-refractivity contribution in [1.29, 1.82) is 0 Å². The van der Waals surface area contributed by atoms with Crippen molar-refractivity contribution < 1.29 is 8.42 Å². The Bertz CT molecular complexity index is 1760. The summed E-state index contributed by atoms with van der Waals surface area (Å²) in [5.41, 5.74) is 2.89. The third-order valence-electron chi connectivity index (χ3n) is 7.50. The van der Waals surface area contributed by atoms with Gasteiger partial charge >= 0.3 is 5.69 Å². The van der Waals surface area contributed by atoms with Crippen LogP contribution in [-0.2, 0) is 29.7 Å². The summed E-state index contributed by atoms with van der Waals surface area (Å²) >= 11 is 6.67. The Balaban J connectivity index is 1.35. The predicted molar refractivity (Wildman–Crippen MR) is 177 cm³/mol. The van der Waals surface area contributed by atoms with Crippen LogP contribution in [0.15, 0.2) is 73.6 Å². The summed E-state index contributed by atoms with van der Waals surface area (Å²) in [6.45, 7) is 3.80. The maximum absolute atomic E-state index is 13.4. The number of fused-ring (bicyclic) bond motifs is 1. The molecular formula is C29H34BrN5O4S3. The zero-order valence-electron chi connectivity index (χ0n) is 23.6. The molecule has 0 spiro atoms. The molecule has 0 amide bonds. The van der Waals surface area contributed by atoms with E-state index >= 15 is 0 Å². The Kier molecular flexibility index (Phi) is 10.1. The van der Waals surface area contributed by atoms with Crippen LogP contribution in [0, 0.1) is 0 Å². The zero-order valence-corrected chi connectivity index (χ0v) is 27.6. The van der Waals surface area contributed by atoms with Crippen LogP contribution in [-0.4, -0.2) is 81.9 Å². The lowest BCUT2D eigenvalue weighted by Crippen LogP contribution is -2.48. The van der Waals surface area contributed by atoms with Gasteiger partial charge in [0.15, 0.2) is 0 Å². The minimum atomic E-state index is -3.64. The lowest BCUT2D eigenvalue weighted by molar-refractivity contribution is 0.181. The fourth-order valence-electron chi connectivity index (χ4n) is 5.16. The number of piperazine rings is 1. The molecule has 2 aromatic heterocycles. The molecule has 1 fully saturated rings. The van der Waals surface area contributed by atoms with Gasteiger partial charge in [-0.05, 0) is 54.0 Å². The van der Waals surface area contributed by atoms with Crippen LogP contribution in [0.2, 0.25) is 0 Å². The first-order chi connectivity index (χ1) is 20.2. The smallest absolute Gasteiger partial charge is 0.331 e. The van der Waals surface area contributed by atoms with Gasteiger partial charge in [0.2, 0.25) is 10.0 Å². The first-order valence-electron chi connectivity index (χ1n) is 13.6. The summed E-state index contributed by atoms with van der Waals surface area (Å²) in [5.74, 6) is 1.40. The number of aromatic nitrogens is 3. The monoisotopic (exact) mass is 691 g/mol. The van der Waals surface area contributed by atoms with Crippen LogP contribution in [0.4, 0.5) is 0 Å². The van der Waals surface area contributed by atoms with Crippen LogP contribution >= 0.6 is 39.5 Å². The van der Waals surface area contributed by atoms with Crippen LogP contribution in [0.5, 0.6) is 0 Å². The number of benzene rings is 2. The third kappa shape index (κ3) is 6.61. The number of aryl methyl sites for hydroxylation is 1. The minimum Gasteiger partial charge on any atom is -0.349 e. The molecule has 1 saturated heterocycles. The number of hydrogen-bond acceptors (Lipinski definition) is 7. The van der Waals surface area contributed by atoms with Gasteiger partial charge in [-0.1, -0.05) is 40.2 Å². The average molecular weight is 693 g/mol. The molecule has 0 atom stereocenters. The van der Waals surface area contributed by atoms with E-state index in [2.05, 4.69) is 37.9 Å². The van der Waals surface area contributed by atoms with Crippen molar-refractivity contribution in [2.75, 3.05) is 50.2 Å². The Labute approximate surface area is 262 Å². The van der Waals surface area contributed by atoms with E-state index < -0.39 is 10.0 Å². The van der Waals surface area contributed by atoms with E-state index in [1.165, 1.54) is 10.1 Å². The standard InChI is InChI=1S/C29H34BrN5O4S3/c1-40-17-15-34-26-19-25(31-27(26)28(36)35(29(34)37)16-18-41-2)22-5-9-24(10-6-22)42(38,39)33-13-11-32(12-14-33)20-21-3-7-23(30)8-4-21/h3-10,19,31H,11-18,20H2,1-2H3. The van der Waals surface area contributed by atoms with Crippen molar-refractivity contribution in [3.05, 3.63) is 85.5 Å². The highest BCUT2D eigenvalue weighted by Crippen LogP contribution is 2.26. The number of aromatic amines is 1. The Morgan fingerprint density at radius 3 is 2.10 bits per heavy atom. The molecule has 42 heavy (non-hydrogen) atoms. The van der Waals surface area contributed by atoms with Gasteiger partial charge in [-0.15, -0.1) is 0 Å². The highest BCUT2D eigenvalue weighted by molar-refractivity contribution is 9.10. The topological polar surface area (TPSA) is 100 Å². The van der Waals surface area contributed by atoms with E-state index in [0.29, 0.717) is 61.7 Å². The molecule has 2 aromatic carbocycles. The van der Waals surface area contributed by atoms with Crippen molar-refractivity contribution in [3.63, 3.8) is 0 Å². The van der Waals surface area contributed by atoms with E-state index in [1.54, 1.807) is 56.7 Å². The predicted octanol–water partition coefficient (Wildman–Crippen LogP) is 4.15. The van der Waals surface area contributed by atoms with Crippen molar-refractivity contribution in [3.8, 4) is 11.3 Å². The number of sulfonamides is 1. The number of rotatable bonds is 11. The van der Waals surface area contributed by atoms with Gasteiger partial charge in [0.05, 0.1) is 10.4 Å². The van der Waals surface area contributed by atoms with Gasteiger partial charge in [-0.2, -0.15) is 27.8 Å². The highest BCUT2D eigenvalue weighted by Gasteiger charge is 2.28. The Morgan fingerprint density at radius 1 is 0.857 bits per heavy atom. The fraction of sp³-hybridized carbons (Fsp3) is 0.379. The second kappa shape index (κ2) is 13.6. The maximum Gasteiger partial charge on any atom is 0.331 e.